The summed E-state index contributed by atoms with van der Waals surface area (Å²) in [6.07, 6.45) is 0. The van der Waals surface area contributed by atoms with Crippen molar-refractivity contribution in [2.45, 2.75) is 16.7 Å². The van der Waals surface area contributed by atoms with Crippen molar-refractivity contribution in [2.75, 3.05) is 5.32 Å². The van der Waals surface area contributed by atoms with Gasteiger partial charge in [0, 0.05) is 20.4 Å². The number of aryl methyl sites for hydroxylation is 1. The van der Waals surface area contributed by atoms with E-state index in [4.69, 9.17) is 11.6 Å². The molecular formula is C21H15ClN2OS. The van der Waals surface area contributed by atoms with Crippen LogP contribution in [-0.2, 0) is 0 Å². The number of nitrogens with zero attached hydrogens (tertiary/aromatic N) is 1. The van der Waals surface area contributed by atoms with Gasteiger partial charge in [-0.25, -0.2) is 0 Å². The molecule has 0 fully saturated rings. The second kappa shape index (κ2) is 8.09. The highest BCUT2D eigenvalue weighted by Crippen LogP contribution is 2.35. The average molecular weight is 379 g/mol. The highest BCUT2D eigenvalue weighted by Gasteiger charge is 2.11. The van der Waals surface area contributed by atoms with Crippen molar-refractivity contribution >= 4 is 35.0 Å². The van der Waals surface area contributed by atoms with Gasteiger partial charge in [0.2, 0.25) is 0 Å². The minimum Gasteiger partial charge on any atom is -0.321 e. The van der Waals surface area contributed by atoms with Crippen LogP contribution < -0.4 is 5.32 Å². The SMILES string of the molecule is Cc1cccc(C(=O)Nc2cc(C#N)ccc2Sc2ccc(Cl)cc2)c1. The fourth-order valence-electron chi connectivity index (χ4n) is 2.40. The van der Waals surface area contributed by atoms with Gasteiger partial charge in [0.05, 0.1) is 17.3 Å². The highest BCUT2D eigenvalue weighted by atomic mass is 35.5. The summed E-state index contributed by atoms with van der Waals surface area (Å²) < 4.78 is 0. The van der Waals surface area contributed by atoms with Crippen LogP contribution in [0.3, 0.4) is 0 Å². The zero-order valence-electron chi connectivity index (χ0n) is 14.0. The predicted octanol–water partition coefficient (Wildman–Crippen LogP) is 5.92. The van der Waals surface area contributed by atoms with Crippen molar-refractivity contribution < 1.29 is 4.79 Å². The fourth-order valence-corrected chi connectivity index (χ4v) is 3.40. The summed E-state index contributed by atoms with van der Waals surface area (Å²) >= 11 is 7.43. The minimum atomic E-state index is -0.207. The van der Waals surface area contributed by atoms with Crippen molar-refractivity contribution in [3.63, 3.8) is 0 Å². The first-order valence-corrected chi connectivity index (χ1v) is 9.10. The van der Waals surface area contributed by atoms with Crippen LogP contribution in [0.25, 0.3) is 0 Å². The van der Waals surface area contributed by atoms with Crippen LogP contribution in [0.5, 0.6) is 0 Å². The monoisotopic (exact) mass is 378 g/mol. The zero-order chi connectivity index (χ0) is 18.5. The van der Waals surface area contributed by atoms with E-state index in [0.29, 0.717) is 21.8 Å². The molecule has 0 unspecified atom stereocenters. The summed E-state index contributed by atoms with van der Waals surface area (Å²) in [6.45, 7) is 1.94. The maximum atomic E-state index is 12.6. The second-order valence-corrected chi connectivity index (χ2v) is 7.25. The van der Waals surface area contributed by atoms with Gasteiger partial charge in [0.25, 0.3) is 5.91 Å². The Morgan fingerprint density at radius 2 is 1.85 bits per heavy atom. The van der Waals surface area contributed by atoms with Crippen molar-refractivity contribution in [3.05, 3.63) is 88.4 Å². The number of carbonyl (C=O) groups is 1. The van der Waals surface area contributed by atoms with Gasteiger partial charge in [-0.1, -0.05) is 41.1 Å². The lowest BCUT2D eigenvalue weighted by Crippen LogP contribution is -2.12. The number of carbonyl (C=O) groups excluding carboxylic acids is 1. The lowest BCUT2D eigenvalue weighted by molar-refractivity contribution is 0.102. The number of nitriles is 1. The summed E-state index contributed by atoms with van der Waals surface area (Å²) in [7, 11) is 0. The van der Waals surface area contributed by atoms with Gasteiger partial charge < -0.3 is 5.32 Å². The zero-order valence-corrected chi connectivity index (χ0v) is 15.6. The van der Waals surface area contributed by atoms with Crippen LogP contribution in [0.15, 0.2) is 76.5 Å². The summed E-state index contributed by atoms with van der Waals surface area (Å²) in [5, 5.41) is 12.8. The van der Waals surface area contributed by atoms with E-state index in [0.717, 1.165) is 15.4 Å². The summed E-state index contributed by atoms with van der Waals surface area (Å²) in [5.74, 6) is -0.207. The lowest BCUT2D eigenvalue weighted by Gasteiger charge is -2.12. The van der Waals surface area contributed by atoms with Gasteiger partial charge in [-0.3, -0.25) is 4.79 Å². The first-order chi connectivity index (χ1) is 12.5. The van der Waals surface area contributed by atoms with Gasteiger partial charge in [-0.2, -0.15) is 5.26 Å². The van der Waals surface area contributed by atoms with Gasteiger partial charge in [0.1, 0.15) is 0 Å². The van der Waals surface area contributed by atoms with Crippen LogP contribution >= 0.6 is 23.4 Å². The molecule has 1 N–H and O–H groups in total. The molecule has 0 saturated carbocycles. The number of anilines is 1. The first kappa shape index (κ1) is 18.1. The number of amides is 1. The number of rotatable bonds is 4. The van der Waals surface area contributed by atoms with E-state index < -0.39 is 0 Å². The molecule has 5 heteroatoms. The van der Waals surface area contributed by atoms with Gasteiger partial charge >= 0.3 is 0 Å². The Morgan fingerprint density at radius 3 is 2.54 bits per heavy atom. The molecule has 0 aliphatic rings. The molecule has 0 aliphatic carbocycles. The largest absolute Gasteiger partial charge is 0.321 e. The Balaban J connectivity index is 1.90. The van der Waals surface area contributed by atoms with Gasteiger partial charge in [-0.05, 0) is 61.5 Å². The molecule has 3 rings (SSSR count). The van der Waals surface area contributed by atoms with E-state index in [9.17, 15) is 10.1 Å². The summed E-state index contributed by atoms with van der Waals surface area (Å²) in [4.78, 5) is 14.4. The molecule has 0 saturated heterocycles. The normalized spacial score (nSPS) is 10.2. The van der Waals surface area contributed by atoms with Crippen molar-refractivity contribution in [1.29, 1.82) is 5.26 Å². The number of benzene rings is 3. The maximum Gasteiger partial charge on any atom is 0.255 e. The molecule has 0 heterocycles. The number of hydrogen-bond acceptors (Lipinski definition) is 3. The molecule has 26 heavy (non-hydrogen) atoms. The molecule has 0 spiro atoms. The Labute approximate surface area is 161 Å². The van der Waals surface area contributed by atoms with Crippen molar-refractivity contribution in [3.8, 4) is 6.07 Å². The third kappa shape index (κ3) is 4.45. The molecule has 1 amide bonds. The maximum absolute atomic E-state index is 12.6. The highest BCUT2D eigenvalue weighted by molar-refractivity contribution is 7.99. The van der Waals surface area contributed by atoms with Crippen LogP contribution in [0, 0.1) is 18.3 Å². The van der Waals surface area contributed by atoms with E-state index in [1.807, 2.05) is 55.5 Å². The predicted molar refractivity (Wildman–Crippen MR) is 106 cm³/mol. The topological polar surface area (TPSA) is 52.9 Å². The minimum absolute atomic E-state index is 0.207. The van der Waals surface area contributed by atoms with Crippen LogP contribution in [-0.4, -0.2) is 5.91 Å². The standard InChI is InChI=1S/C21H15ClN2OS/c1-14-3-2-4-16(11-14)21(25)24-19-12-15(13-23)5-10-20(19)26-18-8-6-17(22)7-9-18/h2-12H,1H3,(H,24,25). The molecule has 0 atom stereocenters. The molecule has 128 valence electrons. The van der Waals surface area contributed by atoms with E-state index in [1.54, 1.807) is 18.2 Å². The molecule has 3 aromatic rings. The Morgan fingerprint density at radius 1 is 1.08 bits per heavy atom. The van der Waals surface area contributed by atoms with Crippen LogP contribution in [0.4, 0.5) is 5.69 Å². The van der Waals surface area contributed by atoms with Gasteiger partial charge in [0.15, 0.2) is 0 Å². The van der Waals surface area contributed by atoms with E-state index in [-0.39, 0.29) is 5.91 Å². The lowest BCUT2D eigenvalue weighted by atomic mass is 10.1. The smallest absolute Gasteiger partial charge is 0.255 e. The van der Waals surface area contributed by atoms with Crippen molar-refractivity contribution in [2.24, 2.45) is 0 Å². The molecule has 3 aromatic carbocycles. The number of hydrogen-bond donors (Lipinski definition) is 1. The molecule has 0 radical (unpaired) electrons. The average Bonchev–Trinajstić information content (AvgIpc) is 2.65. The first-order valence-electron chi connectivity index (χ1n) is 7.91. The number of halogens is 1. The molecular weight excluding hydrogens is 364 g/mol. The van der Waals surface area contributed by atoms with E-state index in [1.165, 1.54) is 11.8 Å². The summed E-state index contributed by atoms with van der Waals surface area (Å²) in [5.41, 5.74) is 2.69. The van der Waals surface area contributed by atoms with Crippen LogP contribution in [0.2, 0.25) is 5.02 Å². The van der Waals surface area contributed by atoms with Gasteiger partial charge in [-0.15, -0.1) is 0 Å². The molecule has 0 aliphatic heterocycles. The third-order valence-electron chi connectivity index (χ3n) is 3.68. The Bertz CT molecular complexity index is 994. The van der Waals surface area contributed by atoms with E-state index >= 15 is 0 Å². The Hall–Kier alpha value is -2.74. The van der Waals surface area contributed by atoms with E-state index in [2.05, 4.69) is 11.4 Å². The molecule has 0 bridgehead atoms. The molecule has 0 aromatic heterocycles. The molecule has 3 nitrogen and oxygen atoms in total. The quantitative estimate of drug-likeness (QED) is 0.612. The second-order valence-electron chi connectivity index (χ2n) is 5.70. The Kier molecular flexibility index (Phi) is 5.62. The fraction of sp³-hybridized carbons (Fsp3) is 0.0476. The van der Waals surface area contributed by atoms with Crippen molar-refractivity contribution in [1.82, 2.24) is 0 Å². The summed E-state index contributed by atoms with van der Waals surface area (Å²) in [6, 6.07) is 22.2. The van der Waals surface area contributed by atoms with Crippen LogP contribution in [0.1, 0.15) is 21.5 Å². The number of nitrogens with one attached hydrogen (secondary N) is 1. The third-order valence-corrected chi connectivity index (χ3v) is 5.01.